The molecule has 0 saturated carbocycles. The summed E-state index contributed by atoms with van der Waals surface area (Å²) in [5.41, 5.74) is 3.98. The van der Waals surface area contributed by atoms with E-state index in [9.17, 15) is 14.7 Å². The maximum absolute atomic E-state index is 14.5. The highest BCUT2D eigenvalue weighted by Crippen LogP contribution is 2.25. The van der Waals surface area contributed by atoms with Crippen LogP contribution >= 0.6 is 0 Å². The second-order valence-corrected chi connectivity index (χ2v) is 12.5. The molecule has 210 valence electrons. The number of carbonyl (C=O) groups is 2. The highest BCUT2D eigenvalue weighted by molar-refractivity contribution is 5.88. The molecule has 0 radical (unpaired) electrons. The molecule has 0 aromatic heterocycles. The fourth-order valence-electron chi connectivity index (χ4n) is 4.46. The number of carbonyl (C=O) groups excluding carboxylic acids is 2. The monoisotopic (exact) mass is 526 g/mol. The fourth-order valence-corrected chi connectivity index (χ4v) is 4.46. The quantitative estimate of drug-likeness (QED) is 0.280. The lowest BCUT2D eigenvalue weighted by molar-refractivity contribution is -0.905. The molecule has 1 unspecified atom stereocenters. The van der Waals surface area contributed by atoms with E-state index in [2.05, 4.69) is 5.43 Å². The molecule has 2 N–H and O–H groups in total. The van der Waals surface area contributed by atoms with Crippen LogP contribution < -0.4 is 5.43 Å². The number of rotatable bonds is 10. The van der Waals surface area contributed by atoms with Crippen LogP contribution in [0.4, 0.5) is 9.59 Å². The minimum absolute atomic E-state index is 0.101. The van der Waals surface area contributed by atoms with Gasteiger partial charge in [0.05, 0.1) is 12.1 Å². The van der Waals surface area contributed by atoms with Crippen molar-refractivity contribution in [2.45, 2.75) is 92.0 Å². The molecule has 0 bridgehead atoms. The average molecular weight is 527 g/mol. The Hall–Kier alpha value is -2.74. The van der Waals surface area contributed by atoms with Crippen LogP contribution in [0.25, 0.3) is 0 Å². The van der Waals surface area contributed by atoms with Crippen molar-refractivity contribution in [3.05, 3.63) is 71.8 Å². The van der Waals surface area contributed by atoms with E-state index in [1.807, 2.05) is 95.3 Å². The van der Waals surface area contributed by atoms with E-state index in [1.54, 1.807) is 20.8 Å². The van der Waals surface area contributed by atoms with E-state index in [1.165, 1.54) is 4.90 Å². The van der Waals surface area contributed by atoms with Gasteiger partial charge in [0.1, 0.15) is 24.8 Å². The Morgan fingerprint density at radius 3 is 1.89 bits per heavy atom. The molecule has 2 atom stereocenters. The Morgan fingerprint density at radius 2 is 1.42 bits per heavy atom. The van der Waals surface area contributed by atoms with Gasteiger partial charge in [-0.05, 0) is 65.5 Å². The van der Waals surface area contributed by atoms with Gasteiger partial charge in [0, 0.05) is 5.92 Å². The number of nitrogens with zero attached hydrogens (tertiary/aromatic N) is 2. The number of amides is 3. The molecule has 0 spiro atoms. The van der Waals surface area contributed by atoms with Crippen molar-refractivity contribution in [2.24, 2.45) is 5.92 Å². The Kier molecular flexibility index (Phi) is 11.1. The zero-order valence-electron chi connectivity index (χ0n) is 24.5. The first-order chi connectivity index (χ1) is 17.6. The number of benzene rings is 2. The second kappa shape index (κ2) is 13.4. The topological polar surface area (TPSA) is 78.9 Å². The van der Waals surface area contributed by atoms with Gasteiger partial charge in [0.25, 0.3) is 0 Å². The number of aliphatic hydroxyl groups excluding tert-OH is 1. The number of aliphatic hydroxyl groups is 1. The van der Waals surface area contributed by atoms with Crippen molar-refractivity contribution in [1.29, 1.82) is 0 Å². The molecule has 7 nitrogen and oxygen atoms in total. The van der Waals surface area contributed by atoms with Crippen LogP contribution in [0, 0.1) is 5.92 Å². The maximum Gasteiger partial charge on any atom is 0.448 e. The van der Waals surface area contributed by atoms with E-state index < -0.39 is 29.4 Å². The van der Waals surface area contributed by atoms with Gasteiger partial charge in [-0.3, -0.25) is 0 Å². The largest absolute Gasteiger partial charge is 0.448 e. The minimum Gasteiger partial charge on any atom is -0.443 e. The number of urea groups is 1. The molecule has 0 fully saturated rings. The number of quaternary nitrogens is 1. The summed E-state index contributed by atoms with van der Waals surface area (Å²) in [6.45, 7) is 15.8. The standard InChI is InChI=1S/C31H48N3O4/c1-24(2)22-34(32-21-26-17-13-10-14-18-26,23-27(35)20-19-25-15-11-9-12-16-25)28(36)33(30(3,4)5)29(37)38-31(6,7)8/h9-18,24,27,32,35H,19-23H2,1-8H3/q+1/t27-,34?/m1/s1. The summed E-state index contributed by atoms with van der Waals surface area (Å²) in [5.74, 6) is 0.101. The van der Waals surface area contributed by atoms with Crippen molar-refractivity contribution in [3.8, 4) is 0 Å². The number of hydrogen-bond donors (Lipinski definition) is 2. The van der Waals surface area contributed by atoms with E-state index in [-0.39, 0.29) is 17.1 Å². The molecular formula is C31H48N3O4+. The maximum atomic E-state index is 14.5. The molecule has 2 aromatic carbocycles. The van der Waals surface area contributed by atoms with Gasteiger partial charge in [-0.15, -0.1) is 0 Å². The lowest BCUT2D eigenvalue weighted by Gasteiger charge is -2.43. The molecule has 0 aliphatic carbocycles. The molecule has 7 heteroatoms. The van der Waals surface area contributed by atoms with Crippen molar-refractivity contribution < 1.29 is 24.0 Å². The van der Waals surface area contributed by atoms with Gasteiger partial charge in [-0.25, -0.2) is 9.59 Å². The second-order valence-electron chi connectivity index (χ2n) is 12.5. The number of hydrogen-bond acceptors (Lipinski definition) is 5. The van der Waals surface area contributed by atoms with Crippen LogP contribution in [-0.2, 0) is 17.7 Å². The summed E-state index contributed by atoms with van der Waals surface area (Å²) in [4.78, 5) is 29.2. The zero-order valence-corrected chi connectivity index (χ0v) is 24.5. The number of ether oxygens (including phenoxy) is 1. The lowest BCUT2D eigenvalue weighted by Crippen LogP contribution is -2.71. The summed E-state index contributed by atoms with van der Waals surface area (Å²) in [6.07, 6.45) is -0.293. The van der Waals surface area contributed by atoms with E-state index in [0.717, 1.165) is 11.1 Å². The molecule has 2 aromatic rings. The van der Waals surface area contributed by atoms with Crippen LogP contribution in [0.2, 0.25) is 0 Å². The smallest absolute Gasteiger partial charge is 0.443 e. The van der Waals surface area contributed by atoms with Crippen molar-refractivity contribution in [1.82, 2.24) is 10.3 Å². The van der Waals surface area contributed by atoms with Crippen molar-refractivity contribution in [3.63, 3.8) is 0 Å². The summed E-state index contributed by atoms with van der Waals surface area (Å²) in [6, 6.07) is 19.4. The van der Waals surface area contributed by atoms with Crippen molar-refractivity contribution >= 4 is 12.1 Å². The molecule has 3 amide bonds. The minimum atomic E-state index is -0.844. The highest BCUT2D eigenvalue weighted by atomic mass is 16.6. The normalized spacial score (nSPS) is 14.6. The summed E-state index contributed by atoms with van der Waals surface area (Å²) in [7, 11) is 0. The number of imide groups is 1. The first kappa shape index (κ1) is 31.5. The molecule has 0 aliphatic heterocycles. The fraction of sp³-hybridized carbons (Fsp3) is 0.548. The van der Waals surface area contributed by atoms with E-state index in [4.69, 9.17) is 4.74 Å². The van der Waals surface area contributed by atoms with E-state index >= 15 is 0 Å². The van der Waals surface area contributed by atoms with Gasteiger partial charge in [-0.1, -0.05) is 74.5 Å². The SMILES string of the molecule is CC(C)C[N+](C[C@H](O)CCc1ccccc1)(NCc1ccccc1)C(=O)N(C(=O)OC(C)(C)C)C(C)(C)C. The van der Waals surface area contributed by atoms with Gasteiger partial charge < -0.3 is 9.84 Å². The first-order valence-electron chi connectivity index (χ1n) is 13.6. The summed E-state index contributed by atoms with van der Waals surface area (Å²) in [5, 5.41) is 11.3. The van der Waals surface area contributed by atoms with Gasteiger partial charge in [0.2, 0.25) is 0 Å². The van der Waals surface area contributed by atoms with E-state index in [0.29, 0.717) is 25.9 Å². The molecule has 0 aliphatic rings. The average Bonchev–Trinajstić information content (AvgIpc) is 2.80. The van der Waals surface area contributed by atoms with Crippen LogP contribution in [0.3, 0.4) is 0 Å². The third-order valence-electron chi connectivity index (χ3n) is 6.04. The Labute approximate surface area is 229 Å². The molecule has 0 heterocycles. The zero-order chi connectivity index (χ0) is 28.6. The van der Waals surface area contributed by atoms with Crippen LogP contribution in [0.1, 0.15) is 72.9 Å². The van der Waals surface area contributed by atoms with Gasteiger partial charge in [0.15, 0.2) is 0 Å². The molecule has 38 heavy (non-hydrogen) atoms. The predicted molar refractivity (Wildman–Crippen MR) is 152 cm³/mol. The molecule has 0 saturated heterocycles. The Bertz CT molecular complexity index is 1010. The Morgan fingerprint density at radius 1 is 0.895 bits per heavy atom. The summed E-state index contributed by atoms with van der Waals surface area (Å²) >= 11 is 0. The van der Waals surface area contributed by atoms with Crippen molar-refractivity contribution in [2.75, 3.05) is 13.1 Å². The van der Waals surface area contributed by atoms with Gasteiger partial charge >= 0.3 is 12.1 Å². The van der Waals surface area contributed by atoms with Crippen LogP contribution in [0.5, 0.6) is 0 Å². The summed E-state index contributed by atoms with van der Waals surface area (Å²) < 4.78 is 5.41. The number of nitrogens with one attached hydrogen (secondary N) is 1. The third-order valence-corrected chi connectivity index (χ3v) is 6.04. The Balaban J connectivity index is 2.47. The lowest BCUT2D eigenvalue weighted by atomic mass is 10.0. The molecular weight excluding hydrogens is 478 g/mol. The third kappa shape index (κ3) is 9.86. The van der Waals surface area contributed by atoms with Crippen LogP contribution in [0.15, 0.2) is 60.7 Å². The molecule has 2 rings (SSSR count). The predicted octanol–water partition coefficient (Wildman–Crippen LogP) is 6.31. The first-order valence-corrected chi connectivity index (χ1v) is 13.6. The highest BCUT2D eigenvalue weighted by Gasteiger charge is 2.50. The van der Waals surface area contributed by atoms with Gasteiger partial charge in [-0.2, -0.15) is 14.9 Å². The number of aryl methyl sites for hydroxylation is 1. The van der Waals surface area contributed by atoms with Crippen LogP contribution in [-0.4, -0.2) is 57.1 Å².